The number of ether oxygens (including phenoxy) is 1. The minimum absolute atomic E-state index is 0.0384. The Bertz CT molecular complexity index is 965. The molecule has 0 radical (unpaired) electrons. The molecule has 0 bridgehead atoms. The third kappa shape index (κ3) is 3.81. The number of benzene rings is 2. The third-order valence-electron chi connectivity index (χ3n) is 2.97. The zero-order valence-corrected chi connectivity index (χ0v) is 12.4. The molecule has 2 N–H and O–H groups in total. The van der Waals surface area contributed by atoms with Gasteiger partial charge in [0, 0.05) is 5.69 Å². The van der Waals surface area contributed by atoms with Crippen molar-refractivity contribution in [2.45, 2.75) is 0 Å². The molecule has 0 aromatic heterocycles. The third-order valence-corrected chi connectivity index (χ3v) is 2.97. The van der Waals surface area contributed by atoms with E-state index in [4.69, 9.17) is 20.4 Å². The Morgan fingerprint density at radius 3 is 1.80 bits per heavy atom. The lowest BCUT2D eigenvalue weighted by molar-refractivity contribution is 0.209. The fraction of sp³-hybridized carbons (Fsp3) is 0. The van der Waals surface area contributed by atoms with Crippen molar-refractivity contribution in [2.24, 2.45) is 0 Å². The fourth-order valence-electron chi connectivity index (χ4n) is 2.01. The summed E-state index contributed by atoms with van der Waals surface area (Å²) in [6.07, 6.45) is -1.35. The molecule has 1 amide bonds. The number of anilines is 1. The summed E-state index contributed by atoms with van der Waals surface area (Å²) in [6.45, 7) is 0. The molecule has 0 heterocycles. The van der Waals surface area contributed by atoms with Gasteiger partial charge in [-0.3, -0.25) is 5.32 Å². The highest BCUT2D eigenvalue weighted by Crippen LogP contribution is 2.32. The first-order valence-corrected chi connectivity index (χ1v) is 6.62. The van der Waals surface area contributed by atoms with E-state index in [9.17, 15) is 15.3 Å². The van der Waals surface area contributed by atoms with Crippen molar-refractivity contribution in [1.29, 1.82) is 21.0 Å². The number of nitriles is 4. The molecule has 0 fully saturated rings. The molecule has 0 aliphatic rings. The SMILES string of the molecule is N#Cc1cc(C#N)cc(Oc2c(C#N)cc(NC(=O)O)cc2C#N)c1. The van der Waals surface area contributed by atoms with Crippen LogP contribution in [-0.2, 0) is 0 Å². The summed E-state index contributed by atoms with van der Waals surface area (Å²) >= 11 is 0. The summed E-state index contributed by atoms with van der Waals surface area (Å²) in [4.78, 5) is 10.7. The van der Waals surface area contributed by atoms with Crippen LogP contribution in [0.2, 0.25) is 0 Å². The Kier molecular flexibility index (Phi) is 4.82. The number of hydrogen-bond acceptors (Lipinski definition) is 6. The molecule has 118 valence electrons. The van der Waals surface area contributed by atoms with Gasteiger partial charge in [-0.1, -0.05) is 0 Å². The van der Waals surface area contributed by atoms with Crippen molar-refractivity contribution in [3.63, 3.8) is 0 Å². The maximum atomic E-state index is 10.7. The van der Waals surface area contributed by atoms with Crippen molar-refractivity contribution in [1.82, 2.24) is 0 Å². The van der Waals surface area contributed by atoms with E-state index in [0.29, 0.717) is 0 Å². The van der Waals surface area contributed by atoms with Gasteiger partial charge in [0.1, 0.15) is 17.9 Å². The second-order valence-corrected chi connectivity index (χ2v) is 4.63. The first-order valence-electron chi connectivity index (χ1n) is 6.62. The number of carboxylic acid groups (broad SMARTS) is 1. The van der Waals surface area contributed by atoms with Crippen molar-refractivity contribution in [3.8, 4) is 35.8 Å². The monoisotopic (exact) mass is 329 g/mol. The van der Waals surface area contributed by atoms with Gasteiger partial charge in [-0.05, 0) is 30.3 Å². The van der Waals surface area contributed by atoms with Crippen molar-refractivity contribution >= 4 is 11.8 Å². The number of amides is 1. The van der Waals surface area contributed by atoms with Crippen molar-refractivity contribution in [3.05, 3.63) is 52.6 Å². The maximum absolute atomic E-state index is 10.7. The lowest BCUT2D eigenvalue weighted by atomic mass is 10.1. The normalized spacial score (nSPS) is 8.96. The smallest absolute Gasteiger partial charge is 0.409 e. The molecule has 0 aliphatic carbocycles. The van der Waals surface area contributed by atoms with Gasteiger partial charge in [0.25, 0.3) is 0 Å². The van der Waals surface area contributed by atoms with Gasteiger partial charge in [-0.25, -0.2) is 4.79 Å². The Hall–Kier alpha value is -4.53. The Labute approximate surface area is 142 Å². The van der Waals surface area contributed by atoms with Crippen LogP contribution in [0.3, 0.4) is 0 Å². The van der Waals surface area contributed by atoms with Gasteiger partial charge in [0.2, 0.25) is 0 Å². The predicted molar refractivity (Wildman–Crippen MR) is 83.5 cm³/mol. The van der Waals surface area contributed by atoms with Crippen LogP contribution in [0.4, 0.5) is 10.5 Å². The highest BCUT2D eigenvalue weighted by atomic mass is 16.5. The molecular weight excluding hydrogens is 322 g/mol. The fourth-order valence-corrected chi connectivity index (χ4v) is 2.01. The van der Waals surface area contributed by atoms with E-state index in [1.807, 2.05) is 24.3 Å². The van der Waals surface area contributed by atoms with Gasteiger partial charge >= 0.3 is 6.09 Å². The van der Waals surface area contributed by atoms with Gasteiger partial charge in [-0.2, -0.15) is 21.0 Å². The van der Waals surface area contributed by atoms with Crippen molar-refractivity contribution in [2.75, 3.05) is 5.32 Å². The van der Waals surface area contributed by atoms with E-state index in [1.54, 1.807) is 0 Å². The van der Waals surface area contributed by atoms with Crippen LogP contribution in [0.15, 0.2) is 30.3 Å². The lowest BCUT2D eigenvalue weighted by Gasteiger charge is -2.11. The average molecular weight is 329 g/mol. The summed E-state index contributed by atoms with van der Waals surface area (Å²) in [6, 6.07) is 13.9. The molecule has 0 aliphatic heterocycles. The molecule has 0 saturated heterocycles. The molecule has 0 atom stereocenters. The molecule has 2 aromatic rings. The van der Waals surface area contributed by atoms with E-state index in [2.05, 4.69) is 5.32 Å². The second kappa shape index (κ2) is 7.15. The molecule has 25 heavy (non-hydrogen) atoms. The van der Waals surface area contributed by atoms with Crippen LogP contribution in [0.5, 0.6) is 11.5 Å². The summed E-state index contributed by atoms with van der Waals surface area (Å²) < 4.78 is 5.54. The number of hydrogen-bond donors (Lipinski definition) is 2. The quantitative estimate of drug-likeness (QED) is 0.876. The molecule has 0 saturated carbocycles. The molecule has 0 spiro atoms. The number of carbonyl (C=O) groups is 1. The van der Waals surface area contributed by atoms with E-state index in [1.165, 1.54) is 30.3 Å². The molecule has 2 rings (SSSR count). The van der Waals surface area contributed by atoms with Gasteiger partial charge in [0.05, 0.1) is 34.4 Å². The highest BCUT2D eigenvalue weighted by molar-refractivity contribution is 5.84. The summed E-state index contributed by atoms with van der Waals surface area (Å²) in [5.74, 6) is 0.00228. The zero-order chi connectivity index (χ0) is 18.4. The molecule has 2 aromatic carbocycles. The van der Waals surface area contributed by atoms with Crippen LogP contribution >= 0.6 is 0 Å². The predicted octanol–water partition coefficient (Wildman–Crippen LogP) is 3.06. The minimum atomic E-state index is -1.35. The Balaban J connectivity index is 2.55. The van der Waals surface area contributed by atoms with Crippen LogP contribution in [0.25, 0.3) is 0 Å². The first-order chi connectivity index (χ1) is 12.0. The molecule has 0 unspecified atom stereocenters. The lowest BCUT2D eigenvalue weighted by Crippen LogP contribution is -2.08. The second-order valence-electron chi connectivity index (χ2n) is 4.63. The van der Waals surface area contributed by atoms with E-state index >= 15 is 0 Å². The number of nitrogens with one attached hydrogen (secondary N) is 1. The van der Waals surface area contributed by atoms with E-state index in [0.717, 1.165) is 0 Å². The van der Waals surface area contributed by atoms with Gasteiger partial charge in [-0.15, -0.1) is 0 Å². The van der Waals surface area contributed by atoms with Crippen LogP contribution in [0.1, 0.15) is 22.3 Å². The Morgan fingerprint density at radius 2 is 1.40 bits per heavy atom. The number of nitrogens with zero attached hydrogens (tertiary/aromatic N) is 4. The molecular formula is C17H7N5O3. The van der Waals surface area contributed by atoms with E-state index < -0.39 is 6.09 Å². The molecule has 8 heteroatoms. The maximum Gasteiger partial charge on any atom is 0.409 e. The Morgan fingerprint density at radius 1 is 0.880 bits per heavy atom. The molecule has 8 nitrogen and oxygen atoms in total. The highest BCUT2D eigenvalue weighted by Gasteiger charge is 2.15. The van der Waals surface area contributed by atoms with Crippen molar-refractivity contribution < 1.29 is 14.6 Å². The number of rotatable bonds is 3. The minimum Gasteiger partial charge on any atom is -0.465 e. The summed E-state index contributed by atoms with van der Waals surface area (Å²) in [5.41, 5.74) is 0.231. The largest absolute Gasteiger partial charge is 0.465 e. The van der Waals surface area contributed by atoms with Gasteiger partial charge < -0.3 is 9.84 Å². The first kappa shape index (κ1) is 16.8. The average Bonchev–Trinajstić information content (AvgIpc) is 2.61. The van der Waals surface area contributed by atoms with Gasteiger partial charge in [0.15, 0.2) is 5.75 Å². The van der Waals surface area contributed by atoms with E-state index in [-0.39, 0.29) is 39.4 Å². The van der Waals surface area contributed by atoms with Crippen LogP contribution in [0, 0.1) is 45.3 Å². The van der Waals surface area contributed by atoms with Crippen LogP contribution < -0.4 is 10.1 Å². The topological polar surface area (TPSA) is 154 Å². The van der Waals surface area contributed by atoms with Crippen LogP contribution in [-0.4, -0.2) is 11.2 Å². The standard InChI is InChI=1S/C17H7N5O3/c18-6-10-1-11(7-19)3-15(2-10)25-16-12(8-20)4-14(22-17(23)24)5-13(16)9-21/h1-5,22H,(H,23,24). The summed E-state index contributed by atoms with van der Waals surface area (Å²) in [7, 11) is 0. The zero-order valence-electron chi connectivity index (χ0n) is 12.4. The summed E-state index contributed by atoms with van der Waals surface area (Å²) in [5, 5.41) is 47.3.